The van der Waals surface area contributed by atoms with Crippen LogP contribution in [0.3, 0.4) is 0 Å². The first kappa shape index (κ1) is 25.5. The Balaban J connectivity index is 1.53. The van der Waals surface area contributed by atoms with E-state index in [1.165, 1.54) is 25.3 Å². The molecule has 1 heterocycles. The van der Waals surface area contributed by atoms with E-state index in [9.17, 15) is 19.7 Å². The molecule has 8 nitrogen and oxygen atoms in total. The van der Waals surface area contributed by atoms with Crippen LogP contribution in [0.4, 0.5) is 10.5 Å². The number of nitro benzene ring substituents is 1. The van der Waals surface area contributed by atoms with Gasteiger partial charge in [0.15, 0.2) is 11.5 Å². The fraction of sp³-hybridized carbons (Fsp3) is 0.154. The van der Waals surface area contributed by atoms with Crippen LogP contribution in [0.1, 0.15) is 22.3 Å². The third-order valence-electron chi connectivity index (χ3n) is 5.38. The first-order valence-corrected chi connectivity index (χ1v) is 12.4. The molecule has 4 rings (SSSR count). The lowest BCUT2D eigenvalue weighted by Crippen LogP contribution is -2.27. The first-order chi connectivity index (χ1) is 17.2. The van der Waals surface area contributed by atoms with Gasteiger partial charge < -0.3 is 9.47 Å². The highest BCUT2D eigenvalue weighted by Gasteiger charge is 2.35. The summed E-state index contributed by atoms with van der Waals surface area (Å²) in [6.07, 6.45) is 1.61. The van der Waals surface area contributed by atoms with E-state index in [-0.39, 0.29) is 17.1 Å². The summed E-state index contributed by atoms with van der Waals surface area (Å²) >= 11 is 4.33. The molecule has 0 bridgehead atoms. The van der Waals surface area contributed by atoms with E-state index >= 15 is 0 Å². The third-order valence-corrected chi connectivity index (χ3v) is 6.98. The number of carbonyl (C=O) groups excluding carboxylic acids is 2. The van der Waals surface area contributed by atoms with Gasteiger partial charge in [-0.25, -0.2) is 0 Å². The number of nitrogens with zero attached hydrogens (tertiary/aromatic N) is 2. The minimum Gasteiger partial charge on any atom is -0.493 e. The fourth-order valence-electron chi connectivity index (χ4n) is 3.63. The van der Waals surface area contributed by atoms with Crippen molar-refractivity contribution in [2.24, 2.45) is 0 Å². The highest BCUT2D eigenvalue weighted by molar-refractivity contribution is 9.10. The SMILES string of the molecule is COc1cc(/C=C2/SC(=O)N(Cc3cccc([N+](=O)[O-])c3)C2=O)c(Br)cc1OCc1cccc(C)c1. The van der Waals surface area contributed by atoms with Crippen LogP contribution in [-0.2, 0) is 17.9 Å². The molecule has 0 spiro atoms. The van der Waals surface area contributed by atoms with E-state index in [0.717, 1.165) is 27.8 Å². The molecule has 0 radical (unpaired) electrons. The van der Waals surface area contributed by atoms with Gasteiger partial charge in [0.25, 0.3) is 16.8 Å². The van der Waals surface area contributed by atoms with Crippen molar-refractivity contribution in [3.05, 3.63) is 102 Å². The van der Waals surface area contributed by atoms with Crippen LogP contribution < -0.4 is 9.47 Å². The lowest BCUT2D eigenvalue weighted by atomic mass is 10.1. The normalized spacial score (nSPS) is 14.4. The number of carbonyl (C=O) groups is 2. The smallest absolute Gasteiger partial charge is 0.293 e. The van der Waals surface area contributed by atoms with E-state index in [0.29, 0.717) is 33.7 Å². The van der Waals surface area contributed by atoms with Crippen LogP contribution >= 0.6 is 27.7 Å². The molecule has 10 heteroatoms. The number of non-ortho nitro benzene ring substituents is 1. The van der Waals surface area contributed by atoms with Crippen LogP contribution in [0.5, 0.6) is 11.5 Å². The van der Waals surface area contributed by atoms with Crippen molar-refractivity contribution in [2.45, 2.75) is 20.1 Å². The number of methoxy groups -OCH3 is 1. The molecule has 0 atom stereocenters. The van der Waals surface area contributed by atoms with E-state index in [4.69, 9.17) is 9.47 Å². The third kappa shape index (κ3) is 5.77. The number of hydrogen-bond donors (Lipinski definition) is 0. The van der Waals surface area contributed by atoms with Gasteiger partial charge in [-0.3, -0.25) is 24.6 Å². The van der Waals surface area contributed by atoms with Crippen molar-refractivity contribution in [2.75, 3.05) is 7.11 Å². The zero-order valence-electron chi connectivity index (χ0n) is 19.4. The second-order valence-electron chi connectivity index (χ2n) is 8.00. The predicted molar refractivity (Wildman–Crippen MR) is 141 cm³/mol. The van der Waals surface area contributed by atoms with E-state index in [2.05, 4.69) is 15.9 Å². The largest absolute Gasteiger partial charge is 0.493 e. The van der Waals surface area contributed by atoms with E-state index in [1.54, 1.807) is 24.3 Å². The Bertz CT molecular complexity index is 1390. The molecule has 2 amide bonds. The van der Waals surface area contributed by atoms with Gasteiger partial charge in [-0.15, -0.1) is 0 Å². The molecule has 1 fully saturated rings. The monoisotopic (exact) mass is 568 g/mol. The number of nitro groups is 1. The molecule has 3 aromatic rings. The van der Waals surface area contributed by atoms with Crippen molar-refractivity contribution < 1.29 is 24.0 Å². The number of benzene rings is 3. The molecular formula is C26H21BrN2O6S. The summed E-state index contributed by atoms with van der Waals surface area (Å²) in [5, 5.41) is 10.6. The van der Waals surface area contributed by atoms with Crippen LogP contribution in [0.2, 0.25) is 0 Å². The Morgan fingerprint density at radius 2 is 1.81 bits per heavy atom. The quantitative estimate of drug-likeness (QED) is 0.174. The maximum absolute atomic E-state index is 13.0. The zero-order valence-corrected chi connectivity index (χ0v) is 21.8. The molecule has 36 heavy (non-hydrogen) atoms. The number of halogens is 1. The van der Waals surface area contributed by atoms with Gasteiger partial charge in [0.2, 0.25) is 0 Å². The zero-order chi connectivity index (χ0) is 25.8. The minimum absolute atomic E-state index is 0.0556. The van der Waals surface area contributed by atoms with Crippen LogP contribution in [0.25, 0.3) is 6.08 Å². The van der Waals surface area contributed by atoms with Crippen molar-refractivity contribution >= 4 is 50.6 Å². The number of rotatable bonds is 8. The van der Waals surface area contributed by atoms with Gasteiger partial charge in [0.1, 0.15) is 6.61 Å². The lowest BCUT2D eigenvalue weighted by Gasteiger charge is -2.14. The average molecular weight is 569 g/mol. The Morgan fingerprint density at radius 1 is 1.06 bits per heavy atom. The van der Waals surface area contributed by atoms with Crippen molar-refractivity contribution in [3.8, 4) is 11.5 Å². The molecule has 0 unspecified atom stereocenters. The Labute approximate surface area is 220 Å². The Hall–Kier alpha value is -3.63. The summed E-state index contributed by atoms with van der Waals surface area (Å²) in [6, 6.07) is 17.4. The molecule has 0 N–H and O–H groups in total. The van der Waals surface area contributed by atoms with Gasteiger partial charge in [0, 0.05) is 16.6 Å². The van der Waals surface area contributed by atoms with Crippen LogP contribution in [0, 0.1) is 17.0 Å². The number of amides is 2. The number of imide groups is 1. The van der Waals surface area contributed by atoms with Crippen molar-refractivity contribution in [1.29, 1.82) is 0 Å². The summed E-state index contributed by atoms with van der Waals surface area (Å²) in [5.74, 6) is 0.539. The molecule has 0 saturated carbocycles. The van der Waals surface area contributed by atoms with E-state index < -0.39 is 16.1 Å². The number of aryl methyl sites for hydroxylation is 1. The molecule has 1 aliphatic rings. The molecule has 1 aliphatic heterocycles. The van der Waals surface area contributed by atoms with Crippen LogP contribution in [0.15, 0.2) is 70.0 Å². The minimum atomic E-state index is -0.517. The van der Waals surface area contributed by atoms with Gasteiger partial charge in [-0.1, -0.05) is 57.9 Å². The Morgan fingerprint density at radius 3 is 2.53 bits per heavy atom. The standard InChI is InChI=1S/C26H21BrN2O6S/c1-16-5-3-7-18(9-16)15-35-23-13-21(27)19(11-22(23)34-2)12-24-25(30)28(26(31)36-24)14-17-6-4-8-20(10-17)29(32)33/h3-13H,14-15H2,1-2H3/b24-12+. The molecule has 0 aromatic heterocycles. The van der Waals surface area contributed by atoms with Crippen molar-refractivity contribution in [1.82, 2.24) is 4.90 Å². The van der Waals surface area contributed by atoms with Gasteiger partial charge in [0.05, 0.1) is 23.5 Å². The van der Waals surface area contributed by atoms with Crippen molar-refractivity contribution in [3.63, 3.8) is 0 Å². The molecular weight excluding hydrogens is 548 g/mol. The fourth-order valence-corrected chi connectivity index (χ4v) is 4.89. The van der Waals surface area contributed by atoms with Gasteiger partial charge >= 0.3 is 0 Å². The lowest BCUT2D eigenvalue weighted by molar-refractivity contribution is -0.384. The molecule has 1 saturated heterocycles. The van der Waals surface area contributed by atoms with Gasteiger partial charge in [-0.05, 0) is 53.6 Å². The second-order valence-corrected chi connectivity index (χ2v) is 9.84. The highest BCUT2D eigenvalue weighted by Crippen LogP contribution is 2.38. The van der Waals surface area contributed by atoms with Crippen LogP contribution in [-0.4, -0.2) is 28.1 Å². The molecule has 184 valence electrons. The maximum atomic E-state index is 13.0. The average Bonchev–Trinajstić information content (AvgIpc) is 3.11. The number of thioether (sulfide) groups is 1. The number of ether oxygens (including phenoxy) is 2. The predicted octanol–water partition coefficient (Wildman–Crippen LogP) is 6.49. The topological polar surface area (TPSA) is 99.0 Å². The van der Waals surface area contributed by atoms with Gasteiger partial charge in [-0.2, -0.15) is 0 Å². The summed E-state index contributed by atoms with van der Waals surface area (Å²) in [5.41, 5.74) is 3.19. The van der Waals surface area contributed by atoms with E-state index in [1.807, 2.05) is 31.2 Å². The first-order valence-electron chi connectivity index (χ1n) is 10.8. The summed E-state index contributed by atoms with van der Waals surface area (Å²) in [6.45, 7) is 2.32. The Kier molecular flexibility index (Phi) is 7.76. The maximum Gasteiger partial charge on any atom is 0.293 e. The molecule has 0 aliphatic carbocycles. The molecule has 3 aromatic carbocycles. The summed E-state index contributed by atoms with van der Waals surface area (Å²) < 4.78 is 12.1. The second kappa shape index (κ2) is 11.0. The number of hydrogen-bond acceptors (Lipinski definition) is 7. The highest BCUT2D eigenvalue weighted by atomic mass is 79.9. The summed E-state index contributed by atoms with van der Waals surface area (Å²) in [4.78, 5) is 37.3. The summed E-state index contributed by atoms with van der Waals surface area (Å²) in [7, 11) is 1.53.